The van der Waals surface area contributed by atoms with E-state index in [1.165, 1.54) is 11.0 Å². The molecule has 0 fully saturated rings. The molecule has 1 heterocycles. The van der Waals surface area contributed by atoms with E-state index in [0.29, 0.717) is 11.0 Å². The van der Waals surface area contributed by atoms with Crippen LogP contribution in [0, 0.1) is 5.92 Å². The van der Waals surface area contributed by atoms with Crippen LogP contribution in [-0.4, -0.2) is 34.3 Å². The van der Waals surface area contributed by atoms with Crippen LogP contribution in [0.25, 0.3) is 11.0 Å². The molecular formula is C14H17F3N4O. The molecule has 1 amide bonds. The predicted molar refractivity (Wildman–Crippen MR) is 76.8 cm³/mol. The number of nitrogens with zero attached hydrogens (tertiary/aromatic N) is 2. The highest BCUT2D eigenvalue weighted by Gasteiger charge is 2.31. The van der Waals surface area contributed by atoms with Gasteiger partial charge in [-0.15, -0.1) is 0 Å². The van der Waals surface area contributed by atoms with E-state index >= 15 is 0 Å². The van der Waals surface area contributed by atoms with Crippen LogP contribution in [0.2, 0.25) is 0 Å². The third-order valence-electron chi connectivity index (χ3n) is 3.16. The zero-order valence-corrected chi connectivity index (χ0v) is 12.2. The van der Waals surface area contributed by atoms with Crippen molar-refractivity contribution in [1.82, 2.24) is 15.0 Å². The Bertz CT molecular complexity index is 651. The molecule has 0 radical (unpaired) electrons. The Hall–Kier alpha value is -2.09. The van der Waals surface area contributed by atoms with Crippen LogP contribution < -0.4 is 10.7 Å². The van der Waals surface area contributed by atoms with E-state index in [-0.39, 0.29) is 5.92 Å². The minimum absolute atomic E-state index is 0.294. The Balaban J connectivity index is 2.11. The summed E-state index contributed by atoms with van der Waals surface area (Å²) in [7, 11) is 0. The lowest BCUT2D eigenvalue weighted by Crippen LogP contribution is -2.49. The molecule has 0 bridgehead atoms. The SMILES string of the molecule is CC(C)[C@H](NCC(F)(F)F)C(=O)Nn1cnc2ccccc21. The van der Waals surface area contributed by atoms with Gasteiger partial charge in [-0.25, -0.2) is 9.66 Å². The Morgan fingerprint density at radius 1 is 1.32 bits per heavy atom. The van der Waals surface area contributed by atoms with Crippen molar-refractivity contribution in [2.45, 2.75) is 26.1 Å². The molecule has 0 aliphatic rings. The Kier molecular flexibility index (Phi) is 4.70. The van der Waals surface area contributed by atoms with E-state index in [0.717, 1.165) is 0 Å². The number of carbonyl (C=O) groups excluding carboxylic acids is 1. The number of imidazole rings is 1. The number of hydrogen-bond donors (Lipinski definition) is 2. The summed E-state index contributed by atoms with van der Waals surface area (Å²) in [6, 6.07) is 6.18. The smallest absolute Gasteiger partial charge is 0.297 e. The quantitative estimate of drug-likeness (QED) is 0.890. The first kappa shape index (κ1) is 16.3. The number of benzene rings is 1. The summed E-state index contributed by atoms with van der Waals surface area (Å²) in [6.45, 7) is 2.15. The maximum absolute atomic E-state index is 12.3. The summed E-state index contributed by atoms with van der Waals surface area (Å²) in [5.41, 5.74) is 3.93. The first-order valence-corrected chi connectivity index (χ1v) is 6.81. The zero-order chi connectivity index (χ0) is 16.3. The second kappa shape index (κ2) is 6.35. The van der Waals surface area contributed by atoms with Crippen molar-refractivity contribution in [2.24, 2.45) is 5.92 Å². The number of alkyl halides is 3. The highest BCUT2D eigenvalue weighted by Crippen LogP contribution is 2.15. The number of halogens is 3. The van der Waals surface area contributed by atoms with Crippen molar-refractivity contribution in [3.8, 4) is 0 Å². The van der Waals surface area contributed by atoms with E-state index < -0.39 is 24.7 Å². The average molecular weight is 314 g/mol. The summed E-state index contributed by atoms with van der Waals surface area (Å²) < 4.78 is 38.4. The molecular weight excluding hydrogens is 297 g/mol. The molecule has 0 saturated heterocycles. The second-order valence-corrected chi connectivity index (χ2v) is 5.30. The molecule has 0 unspecified atom stereocenters. The van der Waals surface area contributed by atoms with Gasteiger partial charge in [0.25, 0.3) is 5.91 Å². The molecule has 0 spiro atoms. The number of amides is 1. The van der Waals surface area contributed by atoms with Gasteiger partial charge in [0, 0.05) is 0 Å². The Morgan fingerprint density at radius 2 is 2.00 bits per heavy atom. The summed E-state index contributed by atoms with van der Waals surface area (Å²) in [4.78, 5) is 16.3. The normalized spacial score (nSPS) is 13.5. The molecule has 22 heavy (non-hydrogen) atoms. The maximum Gasteiger partial charge on any atom is 0.401 e. The van der Waals surface area contributed by atoms with Gasteiger partial charge in [0.1, 0.15) is 6.33 Å². The van der Waals surface area contributed by atoms with Crippen molar-refractivity contribution >= 4 is 16.9 Å². The fourth-order valence-electron chi connectivity index (χ4n) is 2.09. The van der Waals surface area contributed by atoms with Crippen LogP contribution in [0.3, 0.4) is 0 Å². The van der Waals surface area contributed by atoms with Gasteiger partial charge >= 0.3 is 6.18 Å². The van der Waals surface area contributed by atoms with Crippen molar-refractivity contribution in [1.29, 1.82) is 0 Å². The fourth-order valence-corrected chi connectivity index (χ4v) is 2.09. The van der Waals surface area contributed by atoms with Crippen LogP contribution in [0.4, 0.5) is 13.2 Å². The van der Waals surface area contributed by atoms with E-state index in [9.17, 15) is 18.0 Å². The minimum Gasteiger partial charge on any atom is -0.297 e. The molecule has 1 aromatic carbocycles. The molecule has 0 aliphatic heterocycles. The number of nitrogens with one attached hydrogen (secondary N) is 2. The summed E-state index contributed by atoms with van der Waals surface area (Å²) in [5, 5.41) is 2.25. The molecule has 8 heteroatoms. The molecule has 2 rings (SSSR count). The standard InChI is InChI=1S/C14H17F3N4O/c1-9(2)12(18-7-14(15,16)17)13(22)20-21-8-19-10-5-3-4-6-11(10)21/h3-6,8-9,12,18H,7H2,1-2H3,(H,20,22)/t12-/m0/s1. The number of hydrogen-bond acceptors (Lipinski definition) is 3. The van der Waals surface area contributed by atoms with Gasteiger partial charge in [-0.2, -0.15) is 13.2 Å². The number of para-hydroxylation sites is 2. The lowest BCUT2D eigenvalue weighted by Gasteiger charge is -2.22. The van der Waals surface area contributed by atoms with Crippen LogP contribution in [-0.2, 0) is 4.79 Å². The number of fused-ring (bicyclic) bond motifs is 1. The van der Waals surface area contributed by atoms with E-state index in [4.69, 9.17) is 0 Å². The summed E-state index contributed by atoms with van der Waals surface area (Å²) >= 11 is 0. The Labute approximate surface area is 125 Å². The van der Waals surface area contributed by atoms with Gasteiger partial charge in [-0.3, -0.25) is 15.5 Å². The lowest BCUT2D eigenvalue weighted by molar-refractivity contribution is -0.131. The van der Waals surface area contributed by atoms with Crippen molar-refractivity contribution < 1.29 is 18.0 Å². The van der Waals surface area contributed by atoms with Gasteiger partial charge in [0.05, 0.1) is 23.6 Å². The molecule has 5 nitrogen and oxygen atoms in total. The van der Waals surface area contributed by atoms with Crippen LogP contribution in [0.1, 0.15) is 13.8 Å². The number of carbonyl (C=O) groups is 1. The highest BCUT2D eigenvalue weighted by molar-refractivity contribution is 5.90. The highest BCUT2D eigenvalue weighted by atomic mass is 19.4. The third kappa shape index (κ3) is 3.97. The topological polar surface area (TPSA) is 59.0 Å². The fraction of sp³-hybridized carbons (Fsp3) is 0.429. The second-order valence-electron chi connectivity index (χ2n) is 5.30. The van der Waals surface area contributed by atoms with E-state index in [2.05, 4.69) is 15.7 Å². The maximum atomic E-state index is 12.3. The zero-order valence-electron chi connectivity index (χ0n) is 12.2. The largest absolute Gasteiger partial charge is 0.401 e. The lowest BCUT2D eigenvalue weighted by atomic mass is 10.0. The molecule has 1 aromatic heterocycles. The predicted octanol–water partition coefficient (Wildman–Crippen LogP) is 2.28. The van der Waals surface area contributed by atoms with Crippen molar-refractivity contribution in [2.75, 3.05) is 12.0 Å². The van der Waals surface area contributed by atoms with Gasteiger partial charge < -0.3 is 0 Å². The van der Waals surface area contributed by atoms with Crippen molar-refractivity contribution in [3.63, 3.8) is 0 Å². The van der Waals surface area contributed by atoms with Crippen molar-refractivity contribution in [3.05, 3.63) is 30.6 Å². The van der Waals surface area contributed by atoms with Gasteiger partial charge in [-0.05, 0) is 18.1 Å². The molecule has 2 N–H and O–H groups in total. The average Bonchev–Trinajstić information content (AvgIpc) is 2.81. The van der Waals surface area contributed by atoms with Gasteiger partial charge in [0.15, 0.2) is 0 Å². The van der Waals surface area contributed by atoms with Crippen LogP contribution in [0.5, 0.6) is 0 Å². The first-order chi connectivity index (χ1) is 10.3. The first-order valence-electron chi connectivity index (χ1n) is 6.81. The summed E-state index contributed by atoms with van der Waals surface area (Å²) in [5.74, 6) is -0.834. The van der Waals surface area contributed by atoms with E-state index in [1.807, 2.05) is 6.07 Å². The van der Waals surface area contributed by atoms with Gasteiger partial charge in [-0.1, -0.05) is 26.0 Å². The van der Waals surface area contributed by atoms with Crippen LogP contribution in [0.15, 0.2) is 30.6 Å². The monoisotopic (exact) mass is 314 g/mol. The summed E-state index contributed by atoms with van der Waals surface area (Å²) in [6.07, 6.45) is -2.95. The molecule has 0 saturated carbocycles. The molecule has 0 aliphatic carbocycles. The van der Waals surface area contributed by atoms with E-state index in [1.54, 1.807) is 32.0 Å². The third-order valence-corrected chi connectivity index (χ3v) is 3.16. The molecule has 120 valence electrons. The number of aromatic nitrogens is 2. The molecule has 1 atom stereocenters. The molecule has 2 aromatic rings. The van der Waals surface area contributed by atoms with Crippen LogP contribution >= 0.6 is 0 Å². The minimum atomic E-state index is -4.37. The Morgan fingerprint density at radius 3 is 2.64 bits per heavy atom. The van der Waals surface area contributed by atoms with Gasteiger partial charge in [0.2, 0.25) is 0 Å². The number of rotatable bonds is 5.